The highest BCUT2D eigenvalue weighted by molar-refractivity contribution is 6.01. The molecule has 2 heterocycles. The van der Waals surface area contributed by atoms with Gasteiger partial charge >= 0.3 is 0 Å². The minimum Gasteiger partial charge on any atom is -0.251 e. The number of rotatable bonds is 4. The molecule has 0 aliphatic rings. The molecular weight excluding hydrogens is 320 g/mol. The van der Waals surface area contributed by atoms with Crippen molar-refractivity contribution < 1.29 is 0 Å². The van der Waals surface area contributed by atoms with Crippen LogP contribution in [0, 0.1) is 20.8 Å². The van der Waals surface area contributed by atoms with Crippen LogP contribution >= 0.6 is 0 Å². The molecule has 0 saturated heterocycles. The average Bonchev–Trinajstić information content (AvgIpc) is 3.11. The van der Waals surface area contributed by atoms with E-state index in [0.717, 1.165) is 28.5 Å². The molecule has 0 unspecified atom stereocenters. The first-order valence-corrected chi connectivity index (χ1v) is 8.73. The Kier molecular flexibility index (Phi) is 5.12. The largest absolute Gasteiger partial charge is 0.251 e. The Bertz CT molecular complexity index is 956. The summed E-state index contributed by atoms with van der Waals surface area (Å²) in [6.07, 6.45) is 3.81. The molecule has 4 heteroatoms. The summed E-state index contributed by atoms with van der Waals surface area (Å²) in [5.74, 6) is 0. The zero-order chi connectivity index (χ0) is 18.7. The summed E-state index contributed by atoms with van der Waals surface area (Å²) in [7, 11) is 0. The van der Waals surface area contributed by atoms with Gasteiger partial charge in [0.15, 0.2) is 0 Å². The maximum Gasteiger partial charge on any atom is 0.0867 e. The van der Waals surface area contributed by atoms with Crippen molar-refractivity contribution in [3.63, 3.8) is 0 Å². The first kappa shape index (κ1) is 17.8. The van der Waals surface area contributed by atoms with Gasteiger partial charge in [0.05, 0.1) is 28.5 Å². The van der Waals surface area contributed by atoms with Gasteiger partial charge in [-0.05, 0) is 70.0 Å². The Morgan fingerprint density at radius 2 is 1.42 bits per heavy atom. The van der Waals surface area contributed by atoms with E-state index in [0.29, 0.717) is 0 Å². The van der Waals surface area contributed by atoms with Gasteiger partial charge in [-0.1, -0.05) is 23.8 Å². The van der Waals surface area contributed by atoms with Crippen molar-refractivity contribution in [2.45, 2.75) is 34.6 Å². The van der Waals surface area contributed by atoms with E-state index >= 15 is 0 Å². The zero-order valence-corrected chi connectivity index (χ0v) is 16.0. The van der Waals surface area contributed by atoms with Gasteiger partial charge in [-0.3, -0.25) is 4.99 Å². The molecule has 132 valence electrons. The maximum atomic E-state index is 4.85. The molecule has 0 spiro atoms. The monoisotopic (exact) mass is 344 g/mol. The number of aromatic nitrogens is 2. The summed E-state index contributed by atoms with van der Waals surface area (Å²) < 4.78 is 1.78. The molecule has 0 N–H and O–H groups in total. The molecule has 0 atom stereocenters. The van der Waals surface area contributed by atoms with Gasteiger partial charge in [0.25, 0.3) is 0 Å². The van der Waals surface area contributed by atoms with E-state index in [9.17, 15) is 0 Å². The Morgan fingerprint density at radius 1 is 0.846 bits per heavy atom. The normalized spacial score (nSPS) is 12.5. The fraction of sp³-hybridized carbons (Fsp3) is 0.227. The SMILES string of the molecule is CC(=Nc1c(C)cc(C)cc1C)c1cccc(C(C)=Nn2cccc2)n1. The first-order chi connectivity index (χ1) is 12.4. The van der Waals surface area contributed by atoms with E-state index in [1.165, 1.54) is 16.7 Å². The molecule has 0 aliphatic heterocycles. The van der Waals surface area contributed by atoms with Crippen molar-refractivity contribution in [2.75, 3.05) is 0 Å². The van der Waals surface area contributed by atoms with E-state index in [1.54, 1.807) is 4.68 Å². The molecule has 2 aromatic heterocycles. The quantitative estimate of drug-likeness (QED) is 0.598. The third kappa shape index (κ3) is 3.97. The number of benzene rings is 1. The van der Waals surface area contributed by atoms with Crippen molar-refractivity contribution in [1.82, 2.24) is 9.66 Å². The number of hydrogen-bond acceptors (Lipinski definition) is 3. The molecule has 4 nitrogen and oxygen atoms in total. The molecular formula is C22H24N4. The number of aliphatic imine (C=N–C) groups is 1. The van der Waals surface area contributed by atoms with Crippen molar-refractivity contribution in [1.29, 1.82) is 0 Å². The van der Waals surface area contributed by atoms with Crippen LogP contribution in [-0.4, -0.2) is 21.1 Å². The molecule has 0 aliphatic carbocycles. The number of hydrogen-bond donors (Lipinski definition) is 0. The maximum absolute atomic E-state index is 4.85. The predicted molar refractivity (Wildman–Crippen MR) is 109 cm³/mol. The van der Waals surface area contributed by atoms with Gasteiger partial charge in [0.2, 0.25) is 0 Å². The Hall–Kier alpha value is -3.01. The van der Waals surface area contributed by atoms with Crippen molar-refractivity contribution in [3.05, 3.63) is 82.9 Å². The minimum absolute atomic E-state index is 0.850. The Balaban J connectivity index is 1.95. The van der Waals surface area contributed by atoms with Gasteiger partial charge in [0, 0.05) is 12.4 Å². The van der Waals surface area contributed by atoms with E-state index in [-0.39, 0.29) is 0 Å². The topological polar surface area (TPSA) is 42.5 Å². The van der Waals surface area contributed by atoms with E-state index in [4.69, 9.17) is 9.98 Å². The molecule has 0 fully saturated rings. The summed E-state index contributed by atoms with van der Waals surface area (Å²) >= 11 is 0. The summed E-state index contributed by atoms with van der Waals surface area (Å²) in [6.45, 7) is 10.3. The Morgan fingerprint density at radius 3 is 2.04 bits per heavy atom. The summed E-state index contributed by atoms with van der Waals surface area (Å²) in [5, 5.41) is 4.54. The molecule has 3 rings (SSSR count). The van der Waals surface area contributed by atoms with Gasteiger partial charge in [0.1, 0.15) is 0 Å². The van der Waals surface area contributed by atoms with Gasteiger partial charge in [-0.25, -0.2) is 9.66 Å². The molecule has 0 saturated carbocycles. The standard InChI is InChI=1S/C22H24N4/c1-15-13-16(2)22(17(3)14-15)23-18(4)20-9-8-10-21(24-20)19(5)25-26-11-6-7-12-26/h6-14H,1-5H3. The number of nitrogens with zero attached hydrogens (tertiary/aromatic N) is 4. The lowest BCUT2D eigenvalue weighted by Gasteiger charge is -2.09. The molecule has 0 radical (unpaired) electrons. The fourth-order valence-electron chi connectivity index (χ4n) is 3.03. The molecule has 0 bridgehead atoms. The summed E-state index contributed by atoms with van der Waals surface area (Å²) in [5.41, 5.74) is 8.12. The van der Waals surface area contributed by atoms with E-state index in [1.807, 2.05) is 56.6 Å². The second-order valence-corrected chi connectivity index (χ2v) is 6.60. The Labute approximate surface area is 154 Å². The first-order valence-electron chi connectivity index (χ1n) is 8.73. The van der Waals surface area contributed by atoms with Crippen molar-refractivity contribution in [3.8, 4) is 0 Å². The lowest BCUT2D eigenvalue weighted by molar-refractivity contribution is 0.884. The minimum atomic E-state index is 0.850. The van der Waals surface area contributed by atoms with Crippen LogP contribution in [0.3, 0.4) is 0 Å². The van der Waals surface area contributed by atoms with Crippen LogP contribution in [-0.2, 0) is 0 Å². The third-order valence-corrected chi connectivity index (χ3v) is 4.26. The zero-order valence-electron chi connectivity index (χ0n) is 16.0. The van der Waals surface area contributed by atoms with Crippen LogP contribution in [0.15, 0.2) is 65.0 Å². The van der Waals surface area contributed by atoms with E-state index in [2.05, 4.69) is 38.0 Å². The second kappa shape index (κ2) is 7.48. The van der Waals surface area contributed by atoms with Crippen molar-refractivity contribution >= 4 is 17.1 Å². The molecule has 3 aromatic rings. The highest BCUT2D eigenvalue weighted by Gasteiger charge is 2.07. The van der Waals surface area contributed by atoms with E-state index < -0.39 is 0 Å². The average molecular weight is 344 g/mol. The smallest absolute Gasteiger partial charge is 0.0867 e. The highest BCUT2D eigenvalue weighted by Crippen LogP contribution is 2.25. The molecule has 0 amide bonds. The van der Waals surface area contributed by atoms with Gasteiger partial charge in [-0.15, -0.1) is 0 Å². The van der Waals surface area contributed by atoms with Crippen LogP contribution in [0.25, 0.3) is 0 Å². The van der Waals surface area contributed by atoms with Crippen LogP contribution in [0.1, 0.15) is 41.9 Å². The lowest BCUT2D eigenvalue weighted by atomic mass is 10.1. The van der Waals surface area contributed by atoms with Crippen LogP contribution < -0.4 is 0 Å². The third-order valence-electron chi connectivity index (χ3n) is 4.26. The highest BCUT2D eigenvalue weighted by atomic mass is 15.3. The van der Waals surface area contributed by atoms with Gasteiger partial charge < -0.3 is 0 Å². The second-order valence-electron chi connectivity index (χ2n) is 6.60. The molecule has 1 aromatic carbocycles. The van der Waals surface area contributed by atoms with Crippen LogP contribution in [0.4, 0.5) is 5.69 Å². The summed E-state index contributed by atoms with van der Waals surface area (Å²) in [6, 6.07) is 14.2. The van der Waals surface area contributed by atoms with Gasteiger partial charge in [-0.2, -0.15) is 5.10 Å². The number of pyridine rings is 1. The fourth-order valence-corrected chi connectivity index (χ4v) is 3.03. The van der Waals surface area contributed by atoms with Crippen molar-refractivity contribution in [2.24, 2.45) is 10.1 Å². The van der Waals surface area contributed by atoms with Crippen LogP contribution in [0.2, 0.25) is 0 Å². The van der Waals surface area contributed by atoms with Crippen LogP contribution in [0.5, 0.6) is 0 Å². The number of aryl methyl sites for hydroxylation is 3. The lowest BCUT2D eigenvalue weighted by Crippen LogP contribution is -2.06. The summed E-state index contributed by atoms with van der Waals surface area (Å²) in [4.78, 5) is 9.61. The molecule has 26 heavy (non-hydrogen) atoms. The predicted octanol–water partition coefficient (Wildman–Crippen LogP) is 5.22.